The summed E-state index contributed by atoms with van der Waals surface area (Å²) < 4.78 is 16.6. The van der Waals surface area contributed by atoms with Gasteiger partial charge in [-0.15, -0.1) is 0 Å². The number of rotatable bonds is 5. The Morgan fingerprint density at radius 1 is 1.41 bits per heavy atom. The molecule has 0 bridgehead atoms. The Bertz CT molecular complexity index is 497. The second-order valence-corrected chi connectivity index (χ2v) is 5.54. The number of carbonyl (C=O) groups excluding carboxylic acids is 1. The Morgan fingerprint density at radius 3 is 3.14 bits per heavy atom. The normalized spacial score (nSPS) is 24.9. The lowest BCUT2D eigenvalue weighted by Gasteiger charge is -2.23. The maximum absolute atomic E-state index is 12.1. The van der Waals surface area contributed by atoms with Gasteiger partial charge in [0.25, 0.3) is 0 Å². The highest BCUT2D eigenvalue weighted by molar-refractivity contribution is 5.95. The van der Waals surface area contributed by atoms with Gasteiger partial charge in [-0.25, -0.2) is 0 Å². The lowest BCUT2D eigenvalue weighted by Crippen LogP contribution is -2.48. The summed E-state index contributed by atoms with van der Waals surface area (Å²) >= 11 is 0. The van der Waals surface area contributed by atoms with Crippen LogP contribution in [0.1, 0.15) is 12.8 Å². The first-order valence-corrected chi connectivity index (χ1v) is 7.78. The summed E-state index contributed by atoms with van der Waals surface area (Å²) in [5.41, 5.74) is 0.724. The van der Waals surface area contributed by atoms with Crippen LogP contribution >= 0.6 is 0 Å². The summed E-state index contributed by atoms with van der Waals surface area (Å²) in [5.74, 6) is 0.650. The highest BCUT2D eigenvalue weighted by Crippen LogP contribution is 2.20. The molecule has 1 amide bonds. The van der Waals surface area contributed by atoms with E-state index in [0.29, 0.717) is 26.4 Å². The third-order valence-corrected chi connectivity index (χ3v) is 3.80. The molecule has 0 aliphatic carbocycles. The average Bonchev–Trinajstić information content (AvgIpc) is 3.08. The first kappa shape index (κ1) is 15.3. The molecular formula is C16H22N2O4. The molecule has 1 aromatic carbocycles. The van der Waals surface area contributed by atoms with Gasteiger partial charge in [0, 0.05) is 24.9 Å². The number of benzene rings is 1. The van der Waals surface area contributed by atoms with E-state index in [2.05, 4.69) is 10.6 Å². The van der Waals surface area contributed by atoms with E-state index < -0.39 is 0 Å². The van der Waals surface area contributed by atoms with Gasteiger partial charge in [0.2, 0.25) is 5.91 Å². The zero-order valence-electron chi connectivity index (χ0n) is 12.5. The van der Waals surface area contributed by atoms with E-state index in [4.69, 9.17) is 14.2 Å². The Kier molecular flexibility index (Phi) is 5.26. The molecule has 2 aliphatic rings. The number of carbonyl (C=O) groups is 1. The Balaban J connectivity index is 1.52. The van der Waals surface area contributed by atoms with E-state index in [-0.39, 0.29) is 18.1 Å². The third-order valence-electron chi connectivity index (χ3n) is 3.80. The fraction of sp³-hybridized carbons (Fsp3) is 0.562. The van der Waals surface area contributed by atoms with Gasteiger partial charge in [-0.2, -0.15) is 0 Å². The van der Waals surface area contributed by atoms with Crippen molar-refractivity contribution in [2.75, 3.05) is 38.3 Å². The van der Waals surface area contributed by atoms with Crippen molar-refractivity contribution in [2.45, 2.75) is 25.0 Å². The summed E-state index contributed by atoms with van der Waals surface area (Å²) in [4.78, 5) is 12.1. The zero-order valence-corrected chi connectivity index (χ0v) is 12.5. The monoisotopic (exact) mass is 306 g/mol. The summed E-state index contributed by atoms with van der Waals surface area (Å²) in [6, 6.07) is 7.12. The second kappa shape index (κ2) is 7.58. The quantitative estimate of drug-likeness (QED) is 0.855. The molecule has 6 heteroatoms. The number of anilines is 1. The number of morpholine rings is 1. The van der Waals surface area contributed by atoms with Gasteiger partial charge < -0.3 is 24.8 Å². The van der Waals surface area contributed by atoms with Crippen LogP contribution in [0.15, 0.2) is 24.3 Å². The highest BCUT2D eigenvalue weighted by Gasteiger charge is 2.21. The number of hydrogen-bond acceptors (Lipinski definition) is 5. The van der Waals surface area contributed by atoms with Crippen LogP contribution in [0.5, 0.6) is 5.75 Å². The Labute approximate surface area is 130 Å². The average molecular weight is 306 g/mol. The minimum Gasteiger partial charge on any atom is -0.491 e. The number of amides is 1. The van der Waals surface area contributed by atoms with Crippen LogP contribution in [-0.4, -0.2) is 51.0 Å². The molecule has 2 fully saturated rings. The molecule has 120 valence electrons. The lowest BCUT2D eigenvalue weighted by molar-refractivity contribution is -0.120. The van der Waals surface area contributed by atoms with Crippen molar-refractivity contribution in [2.24, 2.45) is 0 Å². The van der Waals surface area contributed by atoms with E-state index >= 15 is 0 Å². The first-order valence-electron chi connectivity index (χ1n) is 7.78. The molecule has 0 spiro atoms. The van der Waals surface area contributed by atoms with Crippen molar-refractivity contribution < 1.29 is 19.0 Å². The third kappa shape index (κ3) is 4.19. The van der Waals surface area contributed by atoms with Crippen LogP contribution in [0.3, 0.4) is 0 Å². The molecule has 6 nitrogen and oxygen atoms in total. The van der Waals surface area contributed by atoms with Crippen LogP contribution in [-0.2, 0) is 14.3 Å². The summed E-state index contributed by atoms with van der Waals surface area (Å²) in [6.07, 6.45) is 2.33. The van der Waals surface area contributed by atoms with Crippen LogP contribution in [0.4, 0.5) is 5.69 Å². The van der Waals surface area contributed by atoms with Crippen LogP contribution in [0.25, 0.3) is 0 Å². The molecule has 2 saturated heterocycles. The number of hydrogen-bond donors (Lipinski definition) is 2. The molecule has 2 atom stereocenters. The van der Waals surface area contributed by atoms with Gasteiger partial charge in [-0.1, -0.05) is 6.07 Å². The van der Waals surface area contributed by atoms with Gasteiger partial charge >= 0.3 is 0 Å². The zero-order chi connectivity index (χ0) is 15.2. The van der Waals surface area contributed by atoms with Crippen molar-refractivity contribution in [1.82, 2.24) is 5.32 Å². The molecule has 2 aliphatic heterocycles. The van der Waals surface area contributed by atoms with Crippen molar-refractivity contribution in [3.05, 3.63) is 24.3 Å². The highest BCUT2D eigenvalue weighted by atomic mass is 16.5. The number of ether oxygens (including phenoxy) is 3. The molecule has 2 unspecified atom stereocenters. The molecule has 0 radical (unpaired) electrons. The molecule has 22 heavy (non-hydrogen) atoms. The minimum absolute atomic E-state index is 0.0871. The number of nitrogens with one attached hydrogen (secondary N) is 2. The van der Waals surface area contributed by atoms with Crippen molar-refractivity contribution in [3.8, 4) is 5.75 Å². The Hall–Kier alpha value is -1.63. The van der Waals surface area contributed by atoms with E-state index in [1.165, 1.54) is 0 Å². The standard InChI is InChI=1S/C16H22N2O4/c19-16(15-11-20-8-6-17-15)18-12-3-1-4-13(9-12)22-10-14-5-2-7-21-14/h1,3-4,9,14-15,17H,2,5-8,10-11H2,(H,18,19). The van der Waals surface area contributed by atoms with Gasteiger partial charge in [0.1, 0.15) is 18.4 Å². The van der Waals surface area contributed by atoms with E-state index in [1.54, 1.807) is 0 Å². The molecule has 0 saturated carbocycles. The predicted octanol–water partition coefficient (Wildman–Crippen LogP) is 1.17. The lowest BCUT2D eigenvalue weighted by atomic mass is 10.2. The fourth-order valence-corrected chi connectivity index (χ4v) is 2.59. The summed E-state index contributed by atoms with van der Waals surface area (Å²) in [5, 5.41) is 6.02. The first-order chi connectivity index (χ1) is 10.8. The summed E-state index contributed by atoms with van der Waals surface area (Å²) in [6.45, 7) is 3.12. The van der Waals surface area contributed by atoms with E-state index in [1.807, 2.05) is 24.3 Å². The largest absolute Gasteiger partial charge is 0.491 e. The van der Waals surface area contributed by atoms with Crippen LogP contribution in [0, 0.1) is 0 Å². The van der Waals surface area contributed by atoms with Crippen molar-refractivity contribution >= 4 is 11.6 Å². The minimum atomic E-state index is -0.301. The predicted molar refractivity (Wildman–Crippen MR) is 82.2 cm³/mol. The Morgan fingerprint density at radius 2 is 2.36 bits per heavy atom. The smallest absolute Gasteiger partial charge is 0.243 e. The summed E-state index contributed by atoms with van der Waals surface area (Å²) in [7, 11) is 0. The SMILES string of the molecule is O=C(Nc1cccc(OCC2CCCO2)c1)C1COCCN1. The van der Waals surface area contributed by atoms with Crippen molar-refractivity contribution in [1.29, 1.82) is 0 Å². The molecule has 0 aromatic heterocycles. The van der Waals surface area contributed by atoms with Crippen LogP contribution < -0.4 is 15.4 Å². The van der Waals surface area contributed by atoms with E-state index in [0.717, 1.165) is 30.9 Å². The van der Waals surface area contributed by atoms with Gasteiger partial charge in [-0.05, 0) is 25.0 Å². The fourth-order valence-electron chi connectivity index (χ4n) is 2.59. The topological polar surface area (TPSA) is 68.8 Å². The maximum atomic E-state index is 12.1. The molecule has 2 heterocycles. The maximum Gasteiger partial charge on any atom is 0.243 e. The van der Waals surface area contributed by atoms with Gasteiger partial charge in [0.05, 0.1) is 19.3 Å². The van der Waals surface area contributed by atoms with Crippen LogP contribution in [0.2, 0.25) is 0 Å². The molecule has 3 rings (SSSR count). The van der Waals surface area contributed by atoms with E-state index in [9.17, 15) is 4.79 Å². The molecule has 1 aromatic rings. The molecular weight excluding hydrogens is 284 g/mol. The van der Waals surface area contributed by atoms with Gasteiger partial charge in [0.15, 0.2) is 0 Å². The van der Waals surface area contributed by atoms with Crippen molar-refractivity contribution in [3.63, 3.8) is 0 Å². The molecule has 2 N–H and O–H groups in total. The van der Waals surface area contributed by atoms with Gasteiger partial charge in [-0.3, -0.25) is 4.79 Å². The second-order valence-electron chi connectivity index (χ2n) is 5.54.